The van der Waals surface area contributed by atoms with E-state index in [-0.39, 0.29) is 11.4 Å². The molecule has 2 heterocycles. The monoisotopic (exact) mass is 459 g/mol. The Morgan fingerprint density at radius 1 is 1.23 bits per heavy atom. The molecule has 3 N–H and O–H groups in total. The number of urea groups is 1. The molecule has 0 saturated carbocycles. The van der Waals surface area contributed by atoms with Crippen LogP contribution in [-0.4, -0.2) is 64.2 Å². The first kappa shape index (κ1) is 24.5. The van der Waals surface area contributed by atoms with Crippen LogP contribution in [0.15, 0.2) is 30.3 Å². The smallest absolute Gasteiger partial charge is 0.475 e. The lowest BCUT2D eigenvalue weighted by molar-refractivity contribution is -0.192. The number of hydrogen-bond acceptors (Lipinski definition) is 6. The summed E-state index contributed by atoms with van der Waals surface area (Å²) in [6.45, 7) is 4.50. The maximum absolute atomic E-state index is 12.2. The number of piperidine rings is 1. The Hall–Kier alpha value is -2.73. The fourth-order valence-electron chi connectivity index (χ4n) is 3.14. The molecule has 2 aromatic rings. The van der Waals surface area contributed by atoms with Crippen LogP contribution in [0.2, 0.25) is 0 Å². The van der Waals surface area contributed by atoms with Gasteiger partial charge in [0.1, 0.15) is 5.82 Å². The van der Waals surface area contributed by atoms with Gasteiger partial charge >= 0.3 is 18.2 Å². The molecule has 1 fully saturated rings. The number of halogens is 3. The standard InChI is InChI=1S/C17H23N5OS.C2HF3O2/c1-13-19-16(24-21-13)20-15(23)18-12-17(8-10-22(2)11-9-17)14-6-4-3-5-7-14;3-2(4,5)1(6)7/h3-7H,8-12H2,1-2H3,(H2,18,19,20,21,23);(H,6,7). The molecule has 2 amide bonds. The molecule has 0 unspecified atom stereocenters. The normalized spacial score (nSPS) is 16.0. The number of amides is 2. The predicted molar refractivity (Wildman–Crippen MR) is 110 cm³/mol. The molecule has 1 aliphatic heterocycles. The second-order valence-electron chi connectivity index (χ2n) is 7.21. The maximum atomic E-state index is 12.2. The van der Waals surface area contributed by atoms with Crippen LogP contribution >= 0.6 is 11.5 Å². The number of benzene rings is 1. The van der Waals surface area contributed by atoms with E-state index in [0.29, 0.717) is 17.5 Å². The van der Waals surface area contributed by atoms with Gasteiger partial charge in [0.15, 0.2) is 0 Å². The Balaban J connectivity index is 0.000000423. The van der Waals surface area contributed by atoms with E-state index in [1.165, 1.54) is 17.1 Å². The maximum Gasteiger partial charge on any atom is 0.490 e. The van der Waals surface area contributed by atoms with Crippen LogP contribution in [0.25, 0.3) is 0 Å². The molecule has 12 heteroatoms. The SMILES string of the molecule is Cc1nsc(NC(=O)NCC2(c3ccccc3)CCN(C)CC2)n1.O=C(O)C(F)(F)F. The van der Waals surface area contributed by atoms with Crippen molar-refractivity contribution in [3.8, 4) is 0 Å². The van der Waals surface area contributed by atoms with Crippen molar-refractivity contribution in [1.82, 2.24) is 19.6 Å². The molecule has 170 valence electrons. The summed E-state index contributed by atoms with van der Waals surface area (Å²) in [5, 5.41) is 13.5. The number of carboxylic acid groups (broad SMARTS) is 1. The third-order valence-corrected chi connectivity index (χ3v) is 5.63. The number of aliphatic carboxylic acids is 1. The number of anilines is 1. The van der Waals surface area contributed by atoms with E-state index in [2.05, 4.69) is 56.2 Å². The number of hydrogen-bond donors (Lipinski definition) is 3. The van der Waals surface area contributed by atoms with Crippen molar-refractivity contribution in [2.45, 2.75) is 31.4 Å². The van der Waals surface area contributed by atoms with E-state index in [1.54, 1.807) is 0 Å². The summed E-state index contributed by atoms with van der Waals surface area (Å²) in [5.41, 5.74) is 1.28. The number of nitrogens with one attached hydrogen (secondary N) is 2. The second kappa shape index (κ2) is 10.5. The van der Waals surface area contributed by atoms with Crippen molar-refractivity contribution >= 4 is 28.7 Å². The van der Waals surface area contributed by atoms with Gasteiger partial charge in [-0.3, -0.25) is 5.32 Å². The molecule has 1 saturated heterocycles. The molecule has 8 nitrogen and oxygen atoms in total. The molecule has 0 radical (unpaired) electrons. The van der Waals surface area contributed by atoms with Crippen LogP contribution in [0.3, 0.4) is 0 Å². The van der Waals surface area contributed by atoms with E-state index < -0.39 is 12.1 Å². The number of carbonyl (C=O) groups excluding carboxylic acids is 1. The number of likely N-dealkylation sites (tertiary alicyclic amines) is 1. The lowest BCUT2D eigenvalue weighted by atomic mass is 9.72. The number of aromatic nitrogens is 2. The molecule has 31 heavy (non-hydrogen) atoms. The number of nitrogens with zero attached hydrogens (tertiary/aromatic N) is 3. The van der Waals surface area contributed by atoms with Crippen LogP contribution < -0.4 is 10.6 Å². The van der Waals surface area contributed by atoms with Gasteiger partial charge in [-0.2, -0.15) is 17.5 Å². The zero-order valence-electron chi connectivity index (χ0n) is 17.1. The van der Waals surface area contributed by atoms with Gasteiger partial charge in [0.2, 0.25) is 5.13 Å². The Morgan fingerprint density at radius 3 is 2.29 bits per heavy atom. The molecular weight excluding hydrogens is 435 g/mol. The van der Waals surface area contributed by atoms with E-state index in [9.17, 15) is 18.0 Å². The zero-order valence-corrected chi connectivity index (χ0v) is 17.9. The van der Waals surface area contributed by atoms with Crippen molar-refractivity contribution in [3.05, 3.63) is 41.7 Å². The van der Waals surface area contributed by atoms with Gasteiger partial charge < -0.3 is 15.3 Å². The summed E-state index contributed by atoms with van der Waals surface area (Å²) in [6.07, 6.45) is -3.02. The number of carbonyl (C=O) groups is 2. The van der Waals surface area contributed by atoms with Crippen LogP contribution in [0.1, 0.15) is 24.2 Å². The van der Waals surface area contributed by atoms with Crippen molar-refractivity contribution in [3.63, 3.8) is 0 Å². The number of carboxylic acids is 1. The average Bonchev–Trinajstić information content (AvgIpc) is 3.13. The van der Waals surface area contributed by atoms with Gasteiger partial charge in [-0.15, -0.1) is 0 Å². The molecule has 1 aromatic heterocycles. The predicted octanol–water partition coefficient (Wildman–Crippen LogP) is 3.26. The van der Waals surface area contributed by atoms with E-state index in [4.69, 9.17) is 9.90 Å². The number of rotatable bonds is 4. The molecule has 0 bridgehead atoms. The Labute approximate surface area is 181 Å². The summed E-state index contributed by atoms with van der Waals surface area (Å²) in [4.78, 5) is 27.6. The van der Waals surface area contributed by atoms with Crippen molar-refractivity contribution < 1.29 is 27.9 Å². The van der Waals surface area contributed by atoms with E-state index in [0.717, 1.165) is 25.9 Å². The van der Waals surface area contributed by atoms with Gasteiger partial charge in [-0.25, -0.2) is 14.6 Å². The highest BCUT2D eigenvalue weighted by Crippen LogP contribution is 2.34. The lowest BCUT2D eigenvalue weighted by Crippen LogP contribution is -2.48. The minimum atomic E-state index is -5.08. The van der Waals surface area contributed by atoms with Gasteiger partial charge in [-0.1, -0.05) is 30.3 Å². The van der Waals surface area contributed by atoms with Crippen LogP contribution in [0.5, 0.6) is 0 Å². The molecular formula is C19H24F3N5O3S. The van der Waals surface area contributed by atoms with Gasteiger partial charge in [0, 0.05) is 23.5 Å². The first-order valence-corrected chi connectivity index (χ1v) is 10.2. The highest BCUT2D eigenvalue weighted by atomic mass is 32.1. The summed E-state index contributed by atoms with van der Waals surface area (Å²) in [5.74, 6) is -2.08. The third kappa shape index (κ3) is 7.47. The van der Waals surface area contributed by atoms with Gasteiger partial charge in [0.25, 0.3) is 0 Å². The largest absolute Gasteiger partial charge is 0.490 e. The minimum Gasteiger partial charge on any atom is -0.475 e. The molecule has 0 aliphatic carbocycles. The van der Waals surface area contributed by atoms with Gasteiger partial charge in [0.05, 0.1) is 0 Å². The summed E-state index contributed by atoms with van der Waals surface area (Å²) < 4.78 is 35.8. The Kier molecular flexibility index (Phi) is 8.34. The first-order chi connectivity index (χ1) is 14.5. The zero-order chi connectivity index (χ0) is 23.1. The Morgan fingerprint density at radius 2 is 1.81 bits per heavy atom. The van der Waals surface area contributed by atoms with E-state index in [1.807, 2.05) is 13.0 Å². The van der Waals surface area contributed by atoms with Crippen molar-refractivity contribution in [1.29, 1.82) is 0 Å². The lowest BCUT2D eigenvalue weighted by Gasteiger charge is -2.41. The summed E-state index contributed by atoms with van der Waals surface area (Å²) >= 11 is 1.20. The van der Waals surface area contributed by atoms with E-state index >= 15 is 0 Å². The fraction of sp³-hybridized carbons (Fsp3) is 0.474. The van der Waals surface area contributed by atoms with Crippen LogP contribution in [0.4, 0.5) is 23.1 Å². The Bertz CT molecular complexity index is 868. The number of alkyl halides is 3. The average molecular weight is 459 g/mol. The molecule has 0 spiro atoms. The minimum absolute atomic E-state index is 0.0118. The van der Waals surface area contributed by atoms with Crippen LogP contribution in [-0.2, 0) is 10.2 Å². The molecule has 1 aliphatic rings. The van der Waals surface area contributed by atoms with Crippen molar-refractivity contribution in [2.24, 2.45) is 0 Å². The number of aryl methyl sites for hydroxylation is 1. The second-order valence-corrected chi connectivity index (χ2v) is 7.96. The molecule has 1 aromatic carbocycles. The fourth-order valence-corrected chi connectivity index (χ4v) is 3.72. The molecule has 0 atom stereocenters. The third-order valence-electron chi connectivity index (χ3n) is 4.91. The summed E-state index contributed by atoms with van der Waals surface area (Å²) in [7, 11) is 2.15. The summed E-state index contributed by atoms with van der Waals surface area (Å²) in [6, 6.07) is 10.3. The van der Waals surface area contributed by atoms with Gasteiger partial charge in [-0.05, 0) is 45.5 Å². The quantitative estimate of drug-likeness (QED) is 0.648. The molecule has 3 rings (SSSR count). The topological polar surface area (TPSA) is 107 Å². The van der Waals surface area contributed by atoms with Crippen LogP contribution in [0, 0.1) is 6.92 Å². The highest BCUT2D eigenvalue weighted by molar-refractivity contribution is 7.09. The highest BCUT2D eigenvalue weighted by Gasteiger charge is 2.38. The first-order valence-electron chi connectivity index (χ1n) is 9.41. The van der Waals surface area contributed by atoms with Crippen molar-refractivity contribution in [2.75, 3.05) is 32.0 Å².